The zero-order chi connectivity index (χ0) is 13.2. The highest BCUT2D eigenvalue weighted by Crippen LogP contribution is 2.21. The van der Waals surface area contributed by atoms with Crippen molar-refractivity contribution in [1.29, 1.82) is 0 Å². The number of rotatable bonds is 3. The Kier molecular flexibility index (Phi) is 3.77. The molecule has 3 rings (SSSR count). The standard InChI is InChI=1S/C14H19N3OS/c1-17-13-5-3-2-4-10(13)12(16-17)8-11(15)14-9-19-7-6-18-14/h2-5,11,14H,6-9,15H2,1H3. The van der Waals surface area contributed by atoms with Crippen molar-refractivity contribution in [3.05, 3.63) is 30.0 Å². The summed E-state index contributed by atoms with van der Waals surface area (Å²) in [7, 11) is 1.98. The van der Waals surface area contributed by atoms with Gasteiger partial charge in [0, 0.05) is 36.4 Å². The maximum Gasteiger partial charge on any atom is 0.0820 e. The molecular formula is C14H19N3OS. The second kappa shape index (κ2) is 5.53. The first kappa shape index (κ1) is 13.0. The van der Waals surface area contributed by atoms with E-state index in [9.17, 15) is 0 Å². The second-order valence-electron chi connectivity index (χ2n) is 4.94. The Balaban J connectivity index is 1.81. The first-order valence-electron chi connectivity index (χ1n) is 6.61. The molecule has 2 aromatic rings. The average Bonchev–Trinajstić information content (AvgIpc) is 2.77. The number of aromatic nitrogens is 2. The van der Waals surface area contributed by atoms with E-state index in [-0.39, 0.29) is 12.1 Å². The highest BCUT2D eigenvalue weighted by atomic mass is 32.2. The van der Waals surface area contributed by atoms with Crippen molar-refractivity contribution in [3.63, 3.8) is 0 Å². The Morgan fingerprint density at radius 1 is 1.53 bits per heavy atom. The third kappa shape index (κ3) is 2.63. The van der Waals surface area contributed by atoms with Crippen LogP contribution >= 0.6 is 11.8 Å². The molecule has 0 aliphatic carbocycles. The lowest BCUT2D eigenvalue weighted by atomic mass is 10.0. The summed E-state index contributed by atoms with van der Waals surface area (Å²) in [6.07, 6.45) is 0.923. The van der Waals surface area contributed by atoms with E-state index < -0.39 is 0 Å². The predicted molar refractivity (Wildman–Crippen MR) is 79.5 cm³/mol. The minimum atomic E-state index is 0.0195. The number of para-hydroxylation sites is 1. The number of aryl methyl sites for hydroxylation is 1. The van der Waals surface area contributed by atoms with Crippen molar-refractivity contribution in [3.8, 4) is 0 Å². The third-order valence-corrected chi connectivity index (χ3v) is 4.60. The Labute approximate surface area is 117 Å². The van der Waals surface area contributed by atoms with Crippen LogP contribution in [0.1, 0.15) is 5.69 Å². The number of hydrogen-bond donors (Lipinski definition) is 1. The fourth-order valence-corrected chi connectivity index (χ4v) is 3.50. The average molecular weight is 277 g/mol. The molecule has 1 aliphatic rings. The number of ether oxygens (including phenoxy) is 1. The summed E-state index contributed by atoms with van der Waals surface area (Å²) < 4.78 is 7.67. The van der Waals surface area contributed by atoms with Crippen LogP contribution in [0.15, 0.2) is 24.3 Å². The van der Waals surface area contributed by atoms with Gasteiger partial charge in [-0.3, -0.25) is 4.68 Å². The van der Waals surface area contributed by atoms with Crippen molar-refractivity contribution in [2.45, 2.75) is 18.6 Å². The summed E-state index contributed by atoms with van der Waals surface area (Å²) in [5, 5.41) is 5.80. The van der Waals surface area contributed by atoms with E-state index in [1.54, 1.807) is 0 Å². The molecule has 2 unspecified atom stereocenters. The number of benzene rings is 1. The molecular weight excluding hydrogens is 258 g/mol. The van der Waals surface area contributed by atoms with E-state index in [2.05, 4.69) is 17.2 Å². The lowest BCUT2D eigenvalue weighted by Crippen LogP contribution is -2.42. The Morgan fingerprint density at radius 3 is 3.16 bits per heavy atom. The lowest BCUT2D eigenvalue weighted by Gasteiger charge is -2.27. The predicted octanol–water partition coefficient (Wildman–Crippen LogP) is 1.58. The molecule has 0 amide bonds. The Bertz CT molecular complexity index is 563. The first-order valence-corrected chi connectivity index (χ1v) is 7.76. The molecule has 0 spiro atoms. The molecule has 0 bridgehead atoms. The van der Waals surface area contributed by atoms with E-state index in [0.29, 0.717) is 0 Å². The van der Waals surface area contributed by atoms with Crippen molar-refractivity contribution in [2.75, 3.05) is 18.1 Å². The van der Waals surface area contributed by atoms with Gasteiger partial charge >= 0.3 is 0 Å². The monoisotopic (exact) mass is 277 g/mol. The summed E-state index contributed by atoms with van der Waals surface area (Å²) in [6, 6.07) is 8.30. The molecule has 1 aromatic heterocycles. The van der Waals surface area contributed by atoms with Crippen molar-refractivity contribution in [2.24, 2.45) is 12.8 Å². The highest BCUT2D eigenvalue weighted by Gasteiger charge is 2.23. The molecule has 2 atom stereocenters. The van der Waals surface area contributed by atoms with Crippen LogP contribution < -0.4 is 5.73 Å². The maximum atomic E-state index is 6.29. The zero-order valence-electron chi connectivity index (χ0n) is 11.1. The van der Waals surface area contributed by atoms with E-state index in [0.717, 1.165) is 35.7 Å². The molecule has 1 aliphatic heterocycles. The van der Waals surface area contributed by atoms with Gasteiger partial charge in [-0.2, -0.15) is 16.9 Å². The van der Waals surface area contributed by atoms with E-state index in [4.69, 9.17) is 10.5 Å². The van der Waals surface area contributed by atoms with Gasteiger partial charge in [-0.15, -0.1) is 0 Å². The largest absolute Gasteiger partial charge is 0.375 e. The van der Waals surface area contributed by atoms with Gasteiger partial charge in [-0.25, -0.2) is 0 Å². The Hall–Kier alpha value is -1.04. The van der Waals surface area contributed by atoms with Crippen LogP contribution in [-0.2, 0) is 18.2 Å². The molecule has 102 valence electrons. The van der Waals surface area contributed by atoms with Gasteiger partial charge in [0.25, 0.3) is 0 Å². The van der Waals surface area contributed by atoms with Crippen LogP contribution in [0, 0.1) is 0 Å². The van der Waals surface area contributed by atoms with Crippen molar-refractivity contribution >= 4 is 22.7 Å². The highest BCUT2D eigenvalue weighted by molar-refractivity contribution is 7.99. The summed E-state index contributed by atoms with van der Waals surface area (Å²) in [4.78, 5) is 0. The van der Waals surface area contributed by atoms with Gasteiger partial charge in [0.15, 0.2) is 0 Å². The number of fused-ring (bicyclic) bond motifs is 1. The fourth-order valence-electron chi connectivity index (χ4n) is 2.55. The van der Waals surface area contributed by atoms with Crippen LogP contribution in [0.5, 0.6) is 0 Å². The van der Waals surface area contributed by atoms with Crippen LogP contribution in [0.25, 0.3) is 10.9 Å². The lowest BCUT2D eigenvalue weighted by molar-refractivity contribution is 0.0570. The quantitative estimate of drug-likeness (QED) is 0.925. The van der Waals surface area contributed by atoms with E-state index >= 15 is 0 Å². The fraction of sp³-hybridized carbons (Fsp3) is 0.500. The summed E-state index contributed by atoms with van der Waals surface area (Å²) >= 11 is 1.92. The Morgan fingerprint density at radius 2 is 2.37 bits per heavy atom. The van der Waals surface area contributed by atoms with E-state index in [1.165, 1.54) is 5.39 Å². The van der Waals surface area contributed by atoms with Gasteiger partial charge in [-0.1, -0.05) is 18.2 Å². The van der Waals surface area contributed by atoms with Gasteiger partial charge < -0.3 is 10.5 Å². The number of hydrogen-bond acceptors (Lipinski definition) is 4. The third-order valence-electron chi connectivity index (χ3n) is 3.58. The molecule has 2 heterocycles. The second-order valence-corrected chi connectivity index (χ2v) is 6.09. The molecule has 1 saturated heterocycles. The van der Waals surface area contributed by atoms with Crippen molar-refractivity contribution in [1.82, 2.24) is 9.78 Å². The van der Waals surface area contributed by atoms with Gasteiger partial charge in [0.1, 0.15) is 0 Å². The van der Waals surface area contributed by atoms with Crippen LogP contribution in [0.2, 0.25) is 0 Å². The molecule has 5 heteroatoms. The minimum Gasteiger partial charge on any atom is -0.375 e. The molecule has 0 saturated carbocycles. The topological polar surface area (TPSA) is 53.1 Å². The van der Waals surface area contributed by atoms with Crippen LogP contribution in [-0.4, -0.2) is 40.0 Å². The number of thioether (sulfide) groups is 1. The molecule has 0 radical (unpaired) electrons. The SMILES string of the molecule is Cn1nc(CC(N)C2CSCCO2)c2ccccc21. The van der Waals surface area contributed by atoms with Crippen LogP contribution in [0.3, 0.4) is 0 Å². The maximum absolute atomic E-state index is 6.29. The van der Waals surface area contributed by atoms with E-state index in [1.807, 2.05) is 35.6 Å². The van der Waals surface area contributed by atoms with Crippen LogP contribution in [0.4, 0.5) is 0 Å². The summed E-state index contributed by atoms with van der Waals surface area (Å²) in [5.74, 6) is 2.07. The van der Waals surface area contributed by atoms with Gasteiger partial charge in [-0.05, 0) is 6.07 Å². The van der Waals surface area contributed by atoms with Crippen molar-refractivity contribution < 1.29 is 4.74 Å². The van der Waals surface area contributed by atoms with Gasteiger partial charge in [0.05, 0.1) is 23.9 Å². The molecule has 2 N–H and O–H groups in total. The molecule has 1 fully saturated rings. The number of nitrogens with two attached hydrogens (primary N) is 1. The molecule has 19 heavy (non-hydrogen) atoms. The van der Waals surface area contributed by atoms with Gasteiger partial charge in [0.2, 0.25) is 0 Å². The number of nitrogens with zero attached hydrogens (tertiary/aromatic N) is 2. The zero-order valence-corrected chi connectivity index (χ0v) is 11.9. The summed E-state index contributed by atoms with van der Waals surface area (Å²) in [6.45, 7) is 0.812. The smallest absolute Gasteiger partial charge is 0.0820 e. The molecule has 4 nitrogen and oxygen atoms in total. The first-order chi connectivity index (χ1) is 9.25. The summed E-state index contributed by atoms with van der Waals surface area (Å²) in [5.41, 5.74) is 8.52. The molecule has 1 aromatic carbocycles. The normalized spacial score (nSPS) is 21.7. The minimum absolute atomic E-state index is 0.0195.